The molecule has 28 heavy (non-hydrogen) atoms. The highest BCUT2D eigenvalue weighted by atomic mass is 127. The number of amides is 1. The Hall–Kier alpha value is -2.27. The standard InChI is InChI=1S/C19H19FIN5O2/c1-9(2)26(6-16-13(20)3-10(21)5-23-16)19(27)15-4-14-17(24-15)11-7-28-8-12(11)18(22)25-14/h3-5,9,24H,6-8H2,1-2H3,(H2,22,25). The number of halogens is 2. The van der Waals surface area contributed by atoms with Crippen molar-refractivity contribution in [3.63, 3.8) is 0 Å². The Balaban J connectivity index is 1.69. The minimum atomic E-state index is -0.425. The predicted octanol–water partition coefficient (Wildman–Crippen LogP) is 3.36. The Bertz CT molecular complexity index is 1080. The molecule has 1 aliphatic heterocycles. The summed E-state index contributed by atoms with van der Waals surface area (Å²) in [5.41, 5.74) is 9.79. The van der Waals surface area contributed by atoms with E-state index in [2.05, 4.69) is 15.0 Å². The van der Waals surface area contributed by atoms with Crippen LogP contribution >= 0.6 is 22.6 Å². The average molecular weight is 495 g/mol. The summed E-state index contributed by atoms with van der Waals surface area (Å²) in [7, 11) is 0. The molecule has 146 valence electrons. The maximum atomic E-state index is 14.3. The van der Waals surface area contributed by atoms with Crippen molar-refractivity contribution in [2.75, 3.05) is 5.73 Å². The van der Waals surface area contributed by atoms with Crippen molar-refractivity contribution in [1.82, 2.24) is 19.9 Å². The summed E-state index contributed by atoms with van der Waals surface area (Å²) in [5.74, 6) is -0.255. The molecule has 0 saturated heterocycles. The number of nitrogens with one attached hydrogen (secondary N) is 1. The third-order valence-electron chi connectivity index (χ3n) is 4.82. The first-order valence-electron chi connectivity index (χ1n) is 8.83. The fraction of sp³-hybridized carbons (Fsp3) is 0.316. The van der Waals surface area contributed by atoms with Crippen LogP contribution in [0.1, 0.15) is 41.2 Å². The predicted molar refractivity (Wildman–Crippen MR) is 111 cm³/mol. The molecule has 3 N–H and O–H groups in total. The Morgan fingerprint density at radius 3 is 2.86 bits per heavy atom. The monoisotopic (exact) mass is 495 g/mol. The van der Waals surface area contributed by atoms with Gasteiger partial charge in [0.25, 0.3) is 5.91 Å². The number of nitrogen functional groups attached to an aromatic ring is 1. The number of aromatic nitrogens is 3. The first kappa shape index (κ1) is 19.1. The highest BCUT2D eigenvalue weighted by molar-refractivity contribution is 14.1. The number of nitrogens with zero attached hydrogens (tertiary/aromatic N) is 3. The zero-order valence-corrected chi connectivity index (χ0v) is 17.6. The Labute approximate surface area is 174 Å². The zero-order chi connectivity index (χ0) is 20.0. The molecule has 0 aromatic carbocycles. The lowest BCUT2D eigenvalue weighted by molar-refractivity contribution is 0.0680. The van der Waals surface area contributed by atoms with E-state index in [0.29, 0.717) is 33.8 Å². The number of hydrogen-bond donors (Lipinski definition) is 2. The van der Waals surface area contributed by atoms with Crippen molar-refractivity contribution in [2.45, 2.75) is 39.6 Å². The van der Waals surface area contributed by atoms with E-state index in [-0.39, 0.29) is 24.2 Å². The van der Waals surface area contributed by atoms with Gasteiger partial charge in [0.05, 0.1) is 36.5 Å². The van der Waals surface area contributed by atoms with E-state index in [1.54, 1.807) is 17.2 Å². The molecule has 9 heteroatoms. The number of carbonyl (C=O) groups is 1. The topological polar surface area (TPSA) is 97.1 Å². The summed E-state index contributed by atoms with van der Waals surface area (Å²) < 4.78 is 20.4. The van der Waals surface area contributed by atoms with E-state index >= 15 is 0 Å². The Kier molecular flexibility index (Phi) is 4.96. The van der Waals surface area contributed by atoms with E-state index in [4.69, 9.17) is 10.5 Å². The quantitative estimate of drug-likeness (QED) is 0.542. The van der Waals surface area contributed by atoms with Crippen molar-refractivity contribution in [3.05, 3.63) is 50.2 Å². The molecule has 1 aliphatic rings. The minimum absolute atomic E-state index is 0.0748. The van der Waals surface area contributed by atoms with E-state index in [0.717, 1.165) is 16.6 Å². The molecule has 0 saturated carbocycles. The van der Waals surface area contributed by atoms with Crippen LogP contribution in [-0.4, -0.2) is 31.8 Å². The molecule has 4 heterocycles. The molecule has 4 rings (SSSR count). The lowest BCUT2D eigenvalue weighted by atomic mass is 10.1. The molecule has 0 bridgehead atoms. The van der Waals surface area contributed by atoms with Gasteiger partial charge in [-0.3, -0.25) is 9.78 Å². The van der Waals surface area contributed by atoms with Crippen LogP contribution in [0.5, 0.6) is 0 Å². The molecule has 0 spiro atoms. The molecule has 0 aliphatic carbocycles. The Morgan fingerprint density at radius 2 is 2.14 bits per heavy atom. The lowest BCUT2D eigenvalue weighted by Crippen LogP contribution is -2.37. The van der Waals surface area contributed by atoms with Gasteiger partial charge in [-0.05, 0) is 48.6 Å². The second-order valence-electron chi connectivity index (χ2n) is 7.00. The van der Waals surface area contributed by atoms with Gasteiger partial charge in [0.15, 0.2) is 0 Å². The molecule has 0 atom stereocenters. The average Bonchev–Trinajstić information content (AvgIpc) is 3.27. The van der Waals surface area contributed by atoms with Gasteiger partial charge in [-0.15, -0.1) is 0 Å². The normalized spacial score (nSPS) is 13.3. The van der Waals surface area contributed by atoms with Gasteiger partial charge in [-0.25, -0.2) is 9.37 Å². The fourth-order valence-electron chi connectivity index (χ4n) is 3.32. The number of H-pyrrole nitrogens is 1. The number of carbonyl (C=O) groups excluding carboxylic acids is 1. The van der Waals surface area contributed by atoms with Gasteiger partial charge >= 0.3 is 0 Å². The maximum absolute atomic E-state index is 14.3. The number of ether oxygens (including phenoxy) is 1. The number of anilines is 1. The van der Waals surface area contributed by atoms with Crippen molar-refractivity contribution in [3.8, 4) is 0 Å². The van der Waals surface area contributed by atoms with Crippen LogP contribution in [0.25, 0.3) is 11.0 Å². The number of rotatable bonds is 4. The highest BCUT2D eigenvalue weighted by Crippen LogP contribution is 2.31. The van der Waals surface area contributed by atoms with Crippen LogP contribution in [0, 0.1) is 9.39 Å². The number of nitrogens with two attached hydrogens (primary N) is 1. The van der Waals surface area contributed by atoms with E-state index < -0.39 is 5.82 Å². The van der Waals surface area contributed by atoms with Gasteiger partial charge in [-0.1, -0.05) is 0 Å². The molecular weight excluding hydrogens is 476 g/mol. The van der Waals surface area contributed by atoms with E-state index in [1.165, 1.54) is 6.07 Å². The van der Waals surface area contributed by atoms with Crippen LogP contribution in [0.2, 0.25) is 0 Å². The van der Waals surface area contributed by atoms with Gasteiger partial charge in [-0.2, -0.15) is 0 Å². The number of aromatic amines is 1. The van der Waals surface area contributed by atoms with Gasteiger partial charge in [0.1, 0.15) is 17.3 Å². The van der Waals surface area contributed by atoms with Crippen molar-refractivity contribution < 1.29 is 13.9 Å². The summed E-state index contributed by atoms with van der Waals surface area (Å²) in [5, 5.41) is 0. The number of hydrogen-bond acceptors (Lipinski definition) is 5. The summed E-state index contributed by atoms with van der Waals surface area (Å²) in [6.07, 6.45) is 1.58. The third-order valence-corrected chi connectivity index (χ3v) is 5.41. The fourth-order valence-corrected chi connectivity index (χ4v) is 3.73. The lowest BCUT2D eigenvalue weighted by Gasteiger charge is -2.26. The first-order chi connectivity index (χ1) is 13.3. The van der Waals surface area contributed by atoms with Crippen molar-refractivity contribution in [2.24, 2.45) is 0 Å². The van der Waals surface area contributed by atoms with Crippen LogP contribution in [0.4, 0.5) is 10.2 Å². The Morgan fingerprint density at radius 1 is 1.39 bits per heavy atom. The van der Waals surface area contributed by atoms with Crippen LogP contribution < -0.4 is 5.73 Å². The van der Waals surface area contributed by atoms with Crippen LogP contribution in [0.3, 0.4) is 0 Å². The largest absolute Gasteiger partial charge is 0.383 e. The summed E-state index contributed by atoms with van der Waals surface area (Å²) >= 11 is 2.00. The third kappa shape index (κ3) is 3.32. The first-order valence-corrected chi connectivity index (χ1v) is 9.91. The van der Waals surface area contributed by atoms with Gasteiger partial charge in [0.2, 0.25) is 0 Å². The molecule has 0 radical (unpaired) electrons. The number of fused-ring (bicyclic) bond motifs is 3. The SMILES string of the molecule is CC(C)N(Cc1ncc(I)cc1F)C(=O)c1cc2nc(N)c3c(c2[nH]1)COC3. The summed E-state index contributed by atoms with van der Waals surface area (Å²) in [6, 6.07) is 2.94. The summed E-state index contributed by atoms with van der Waals surface area (Å²) in [4.78, 5) is 26.4. The van der Waals surface area contributed by atoms with Gasteiger partial charge in [0, 0.05) is 26.9 Å². The molecular formula is C19H19FIN5O2. The van der Waals surface area contributed by atoms with Gasteiger partial charge < -0.3 is 20.4 Å². The molecule has 0 unspecified atom stereocenters. The van der Waals surface area contributed by atoms with Crippen LogP contribution in [-0.2, 0) is 24.5 Å². The number of pyridine rings is 2. The van der Waals surface area contributed by atoms with E-state index in [1.807, 2.05) is 36.4 Å². The molecule has 0 fully saturated rings. The van der Waals surface area contributed by atoms with E-state index in [9.17, 15) is 9.18 Å². The smallest absolute Gasteiger partial charge is 0.270 e. The summed E-state index contributed by atoms with van der Waals surface area (Å²) in [6.45, 7) is 4.69. The van der Waals surface area contributed by atoms with Crippen LogP contribution in [0.15, 0.2) is 18.3 Å². The second-order valence-corrected chi connectivity index (χ2v) is 8.24. The highest BCUT2D eigenvalue weighted by Gasteiger charge is 2.26. The second kappa shape index (κ2) is 7.28. The maximum Gasteiger partial charge on any atom is 0.270 e. The minimum Gasteiger partial charge on any atom is -0.383 e. The zero-order valence-electron chi connectivity index (χ0n) is 15.4. The molecule has 3 aromatic heterocycles. The van der Waals surface area contributed by atoms with Crippen molar-refractivity contribution in [1.29, 1.82) is 0 Å². The molecule has 1 amide bonds. The molecule has 3 aromatic rings. The van der Waals surface area contributed by atoms with Crippen molar-refractivity contribution >= 4 is 45.3 Å². The molecule has 7 nitrogen and oxygen atoms in total.